The number of halogens is 1. The van der Waals surface area contributed by atoms with Crippen molar-refractivity contribution in [3.05, 3.63) is 41.3 Å². The van der Waals surface area contributed by atoms with E-state index in [1.165, 1.54) is 7.11 Å². The lowest BCUT2D eigenvalue weighted by Gasteiger charge is -2.34. The number of carbonyl (C=O) groups is 2. The van der Waals surface area contributed by atoms with Crippen LogP contribution in [0.1, 0.15) is 30.4 Å². The van der Waals surface area contributed by atoms with Gasteiger partial charge in [-0.05, 0) is 48.4 Å². The smallest absolute Gasteiger partial charge is 0.322 e. The van der Waals surface area contributed by atoms with Gasteiger partial charge in [0.1, 0.15) is 11.8 Å². The highest BCUT2D eigenvalue weighted by Crippen LogP contribution is 2.28. The summed E-state index contributed by atoms with van der Waals surface area (Å²) in [5.41, 5.74) is 8.95. The summed E-state index contributed by atoms with van der Waals surface area (Å²) in [5.74, 6) is -0.134. The van der Waals surface area contributed by atoms with Crippen LogP contribution in [0.2, 0.25) is 0 Å². The molecule has 3 N–H and O–H groups in total. The van der Waals surface area contributed by atoms with E-state index < -0.39 is 17.8 Å². The summed E-state index contributed by atoms with van der Waals surface area (Å²) < 4.78 is 19.2. The van der Waals surface area contributed by atoms with Gasteiger partial charge in [-0.25, -0.2) is 9.37 Å². The topological polar surface area (TPSA) is 110 Å². The number of carbonyl (C=O) groups excluding carboxylic acids is 2. The van der Waals surface area contributed by atoms with Gasteiger partial charge in [-0.15, -0.1) is 0 Å². The lowest BCUT2D eigenvalue weighted by Crippen LogP contribution is -2.45. The van der Waals surface area contributed by atoms with Gasteiger partial charge in [0.05, 0.1) is 13.3 Å². The Morgan fingerprint density at radius 1 is 1.29 bits per heavy atom. The molecule has 1 aliphatic carbocycles. The first-order valence-electron chi connectivity index (χ1n) is 10.5. The number of aryl methyl sites for hydroxylation is 1. The van der Waals surface area contributed by atoms with Crippen molar-refractivity contribution in [2.75, 3.05) is 30.4 Å². The fraction of sp³-hybridized carbons (Fsp3) is 0.455. The molecule has 1 atom stereocenters. The van der Waals surface area contributed by atoms with E-state index in [9.17, 15) is 14.0 Å². The number of nitrogens with one attached hydrogen (secondary N) is 1. The van der Waals surface area contributed by atoms with E-state index in [1.807, 2.05) is 23.1 Å². The van der Waals surface area contributed by atoms with Gasteiger partial charge in [-0.1, -0.05) is 6.07 Å². The van der Waals surface area contributed by atoms with Crippen molar-refractivity contribution in [3.63, 3.8) is 0 Å². The lowest BCUT2D eigenvalue weighted by molar-refractivity contribution is -0.143. The minimum Gasteiger partial charge on any atom is -0.468 e. The fourth-order valence-electron chi connectivity index (χ4n) is 4.25. The first kappa shape index (κ1) is 21.2. The van der Waals surface area contributed by atoms with Gasteiger partial charge >= 0.3 is 5.97 Å². The van der Waals surface area contributed by atoms with Crippen LogP contribution in [0.25, 0.3) is 0 Å². The molecule has 1 unspecified atom stereocenters. The summed E-state index contributed by atoms with van der Waals surface area (Å²) in [7, 11) is 1.32. The molecule has 2 aliphatic rings. The third-order valence-electron chi connectivity index (χ3n) is 6.07. The standard InChI is InChI=1S/C22H26FN5O3/c1-31-21(30)19(24)13-6-8-28(9-7-13)20-18(23)12-25-22(27-20)26-16-4-2-15-11-17(29)5-3-14(15)10-16/h2,4,10,12-13,19H,3,5-9,11,24H2,1H3,(H,25,26,27). The van der Waals surface area contributed by atoms with Gasteiger partial charge in [-0.2, -0.15) is 4.98 Å². The van der Waals surface area contributed by atoms with Gasteiger partial charge in [0.25, 0.3) is 0 Å². The number of piperidine rings is 1. The first-order valence-corrected chi connectivity index (χ1v) is 10.5. The number of hydrogen-bond acceptors (Lipinski definition) is 8. The molecular weight excluding hydrogens is 401 g/mol. The minimum atomic E-state index is -0.668. The Kier molecular flexibility index (Phi) is 6.13. The Balaban J connectivity index is 1.45. The van der Waals surface area contributed by atoms with Crippen LogP contribution >= 0.6 is 0 Å². The maximum Gasteiger partial charge on any atom is 0.322 e. The van der Waals surface area contributed by atoms with E-state index in [0.29, 0.717) is 44.7 Å². The molecule has 0 saturated carbocycles. The lowest BCUT2D eigenvalue weighted by atomic mass is 9.90. The highest BCUT2D eigenvalue weighted by molar-refractivity contribution is 5.83. The Labute approximate surface area is 180 Å². The van der Waals surface area contributed by atoms with Crippen LogP contribution in [0, 0.1) is 11.7 Å². The van der Waals surface area contributed by atoms with Crippen molar-refractivity contribution in [3.8, 4) is 0 Å². The van der Waals surface area contributed by atoms with Gasteiger partial charge in [0.15, 0.2) is 11.6 Å². The number of anilines is 3. The van der Waals surface area contributed by atoms with Crippen molar-refractivity contribution in [1.82, 2.24) is 9.97 Å². The number of aromatic nitrogens is 2. The minimum absolute atomic E-state index is 0.00595. The Bertz CT molecular complexity index is 991. The first-order chi connectivity index (χ1) is 14.9. The number of benzene rings is 1. The van der Waals surface area contributed by atoms with Gasteiger partial charge in [0.2, 0.25) is 5.95 Å². The normalized spacial score (nSPS) is 17.8. The largest absolute Gasteiger partial charge is 0.468 e. The van der Waals surface area contributed by atoms with Crippen molar-refractivity contribution in [1.29, 1.82) is 0 Å². The number of nitrogens with two attached hydrogens (primary N) is 1. The van der Waals surface area contributed by atoms with Crippen molar-refractivity contribution < 1.29 is 18.7 Å². The Hall–Kier alpha value is -3.07. The summed E-state index contributed by atoms with van der Waals surface area (Å²) in [6, 6.07) is 5.14. The zero-order valence-electron chi connectivity index (χ0n) is 17.4. The second-order valence-corrected chi connectivity index (χ2v) is 8.06. The molecule has 2 heterocycles. The van der Waals surface area contributed by atoms with E-state index in [0.717, 1.165) is 29.4 Å². The SMILES string of the molecule is COC(=O)C(N)C1CCN(c2nc(Nc3ccc4c(c3)CCC(=O)C4)ncc2F)CC1. The number of ether oxygens (including phenoxy) is 1. The predicted octanol–water partition coefficient (Wildman–Crippen LogP) is 2.13. The summed E-state index contributed by atoms with van der Waals surface area (Å²) in [6.45, 7) is 1.07. The highest BCUT2D eigenvalue weighted by atomic mass is 19.1. The molecule has 0 bridgehead atoms. The number of esters is 1. The molecule has 2 aromatic rings. The molecule has 9 heteroatoms. The third kappa shape index (κ3) is 4.66. The van der Waals surface area contributed by atoms with Crippen LogP contribution in [0.5, 0.6) is 0 Å². The zero-order chi connectivity index (χ0) is 22.0. The second-order valence-electron chi connectivity index (χ2n) is 8.06. The summed E-state index contributed by atoms with van der Waals surface area (Å²) in [5, 5.41) is 3.14. The molecule has 1 aliphatic heterocycles. The van der Waals surface area contributed by atoms with Gasteiger partial charge in [-0.3, -0.25) is 9.59 Å². The van der Waals surface area contributed by atoms with Crippen LogP contribution in [0.4, 0.5) is 21.8 Å². The second kappa shape index (κ2) is 8.97. The van der Waals surface area contributed by atoms with Crippen molar-refractivity contribution in [2.45, 2.75) is 38.1 Å². The number of nitrogens with zero attached hydrogens (tertiary/aromatic N) is 3. The maximum absolute atomic E-state index is 14.5. The van der Waals surface area contributed by atoms with Crippen LogP contribution in [-0.4, -0.2) is 48.0 Å². The molecule has 0 radical (unpaired) electrons. The van der Waals surface area contributed by atoms with E-state index in [4.69, 9.17) is 10.5 Å². The average molecular weight is 427 g/mol. The summed E-state index contributed by atoms with van der Waals surface area (Å²) >= 11 is 0. The highest BCUT2D eigenvalue weighted by Gasteiger charge is 2.30. The molecule has 0 amide bonds. The number of methoxy groups -OCH3 is 1. The molecule has 4 rings (SSSR count). The molecule has 1 aromatic carbocycles. The number of fused-ring (bicyclic) bond motifs is 1. The van der Waals surface area contributed by atoms with E-state index in [2.05, 4.69) is 15.3 Å². The fourth-order valence-corrected chi connectivity index (χ4v) is 4.25. The molecule has 31 heavy (non-hydrogen) atoms. The molecule has 0 spiro atoms. The molecular formula is C22H26FN5O3. The third-order valence-corrected chi connectivity index (χ3v) is 6.07. The van der Waals surface area contributed by atoms with Crippen LogP contribution < -0.4 is 16.0 Å². The number of ketones is 1. The van der Waals surface area contributed by atoms with E-state index in [-0.39, 0.29) is 17.5 Å². The van der Waals surface area contributed by atoms with Crippen molar-refractivity contribution >= 4 is 29.2 Å². The summed E-state index contributed by atoms with van der Waals surface area (Å²) in [6.07, 6.45) is 4.21. The molecule has 1 aromatic heterocycles. The predicted molar refractivity (Wildman–Crippen MR) is 114 cm³/mol. The molecule has 1 saturated heterocycles. The quantitative estimate of drug-likeness (QED) is 0.699. The monoisotopic (exact) mass is 427 g/mol. The Morgan fingerprint density at radius 3 is 2.81 bits per heavy atom. The van der Waals surface area contributed by atoms with Crippen LogP contribution in [0.15, 0.2) is 24.4 Å². The molecule has 8 nitrogen and oxygen atoms in total. The Morgan fingerprint density at radius 2 is 2.06 bits per heavy atom. The van der Waals surface area contributed by atoms with E-state index in [1.54, 1.807) is 0 Å². The van der Waals surface area contributed by atoms with E-state index >= 15 is 0 Å². The number of Topliss-reactive ketones (excluding diaryl/α,β-unsaturated/α-hetero) is 1. The zero-order valence-corrected chi connectivity index (χ0v) is 17.4. The van der Waals surface area contributed by atoms with Crippen molar-refractivity contribution in [2.24, 2.45) is 11.7 Å². The molecule has 164 valence electrons. The average Bonchev–Trinajstić information content (AvgIpc) is 2.79. The number of rotatable bonds is 5. The van der Waals surface area contributed by atoms with Gasteiger partial charge < -0.3 is 20.7 Å². The molecule has 1 fully saturated rings. The maximum atomic E-state index is 14.5. The number of hydrogen-bond donors (Lipinski definition) is 2. The van der Waals surface area contributed by atoms with Crippen LogP contribution in [-0.2, 0) is 27.2 Å². The summed E-state index contributed by atoms with van der Waals surface area (Å²) in [4.78, 5) is 33.6. The van der Waals surface area contributed by atoms with Crippen LogP contribution in [0.3, 0.4) is 0 Å². The van der Waals surface area contributed by atoms with Gasteiger partial charge in [0, 0.05) is 31.6 Å².